The van der Waals surface area contributed by atoms with Gasteiger partial charge in [-0.25, -0.2) is 0 Å². The monoisotopic (exact) mass is 455 g/mol. The first kappa shape index (κ1) is 20.0. The summed E-state index contributed by atoms with van der Waals surface area (Å²) in [4.78, 5) is 4.66. The van der Waals surface area contributed by atoms with Crippen molar-refractivity contribution < 1.29 is 4.42 Å². The van der Waals surface area contributed by atoms with Crippen molar-refractivity contribution in [1.29, 1.82) is 0 Å². The predicted molar refractivity (Wildman–Crippen MR) is 110 cm³/mol. The van der Waals surface area contributed by atoms with Gasteiger partial charge in [0.05, 0.1) is 12.8 Å². The summed E-state index contributed by atoms with van der Waals surface area (Å²) in [5.74, 6) is 5.50. The van der Waals surface area contributed by atoms with Gasteiger partial charge in [-0.1, -0.05) is 0 Å². The third-order valence-corrected chi connectivity index (χ3v) is 5.12. The standard InChI is InChI=1S/C15H25N3OS2.HI/c1-20-11-8-17-15(18-13-4-3-10-21-12-13)16-7-6-14-5-2-9-19-14;/h2,5,9,13H,3-4,6-8,10-12H2,1H3,(H2,16,17,18);1H. The molecule has 1 fully saturated rings. The Hall–Kier alpha value is -0.0200. The molecular weight excluding hydrogens is 429 g/mol. The molecule has 1 saturated heterocycles. The number of halogens is 1. The molecule has 0 bridgehead atoms. The molecule has 4 nitrogen and oxygen atoms in total. The van der Waals surface area contributed by atoms with E-state index in [4.69, 9.17) is 4.42 Å². The Kier molecular flexibility index (Phi) is 11.3. The Labute approximate surface area is 159 Å². The van der Waals surface area contributed by atoms with Gasteiger partial charge in [-0.15, -0.1) is 24.0 Å². The average molecular weight is 455 g/mol. The van der Waals surface area contributed by atoms with Crippen LogP contribution < -0.4 is 10.6 Å². The van der Waals surface area contributed by atoms with Crippen molar-refractivity contribution in [3.63, 3.8) is 0 Å². The van der Waals surface area contributed by atoms with Crippen molar-refractivity contribution in [2.45, 2.75) is 25.3 Å². The van der Waals surface area contributed by atoms with E-state index in [2.05, 4.69) is 21.9 Å². The van der Waals surface area contributed by atoms with E-state index < -0.39 is 0 Å². The van der Waals surface area contributed by atoms with Crippen LogP contribution in [0.4, 0.5) is 0 Å². The van der Waals surface area contributed by atoms with Crippen molar-refractivity contribution in [3.8, 4) is 0 Å². The largest absolute Gasteiger partial charge is 0.469 e. The molecule has 0 radical (unpaired) electrons. The highest BCUT2D eigenvalue weighted by atomic mass is 127. The molecule has 1 unspecified atom stereocenters. The maximum Gasteiger partial charge on any atom is 0.191 e. The number of nitrogens with one attached hydrogen (secondary N) is 2. The van der Waals surface area contributed by atoms with Crippen LogP contribution in [-0.4, -0.2) is 48.6 Å². The Balaban J connectivity index is 0.00000242. The summed E-state index contributed by atoms with van der Waals surface area (Å²) in [5, 5.41) is 7.00. The van der Waals surface area contributed by atoms with Crippen LogP contribution in [0.3, 0.4) is 0 Å². The highest BCUT2D eigenvalue weighted by Crippen LogP contribution is 2.16. The van der Waals surface area contributed by atoms with E-state index in [0.717, 1.165) is 37.0 Å². The highest BCUT2D eigenvalue weighted by molar-refractivity contribution is 14.0. The summed E-state index contributed by atoms with van der Waals surface area (Å²) < 4.78 is 5.36. The van der Waals surface area contributed by atoms with Gasteiger partial charge in [0.25, 0.3) is 0 Å². The molecule has 1 atom stereocenters. The van der Waals surface area contributed by atoms with E-state index in [9.17, 15) is 0 Å². The number of guanidine groups is 1. The van der Waals surface area contributed by atoms with Crippen LogP contribution in [0.5, 0.6) is 0 Å². The summed E-state index contributed by atoms with van der Waals surface area (Å²) in [6.45, 7) is 1.70. The maximum absolute atomic E-state index is 5.36. The van der Waals surface area contributed by atoms with Crippen LogP contribution in [0.1, 0.15) is 18.6 Å². The summed E-state index contributed by atoms with van der Waals surface area (Å²) in [7, 11) is 0. The van der Waals surface area contributed by atoms with Crippen molar-refractivity contribution in [2.75, 3.05) is 36.6 Å². The number of aliphatic imine (C=N–C) groups is 1. The molecule has 1 aromatic rings. The Morgan fingerprint density at radius 3 is 3.14 bits per heavy atom. The lowest BCUT2D eigenvalue weighted by atomic mass is 10.2. The van der Waals surface area contributed by atoms with Crippen molar-refractivity contribution in [2.24, 2.45) is 4.99 Å². The molecule has 0 amide bonds. The summed E-state index contributed by atoms with van der Waals surface area (Å²) >= 11 is 3.86. The minimum absolute atomic E-state index is 0. The molecule has 1 aromatic heterocycles. The molecule has 2 rings (SSSR count). The minimum Gasteiger partial charge on any atom is -0.469 e. The van der Waals surface area contributed by atoms with Gasteiger partial charge >= 0.3 is 0 Å². The number of nitrogens with zero attached hydrogens (tertiary/aromatic N) is 1. The van der Waals surface area contributed by atoms with Crippen molar-refractivity contribution in [3.05, 3.63) is 24.2 Å². The lowest BCUT2D eigenvalue weighted by molar-refractivity contribution is 0.505. The molecule has 7 heteroatoms. The van der Waals surface area contributed by atoms with E-state index in [1.54, 1.807) is 6.26 Å². The van der Waals surface area contributed by atoms with Crippen LogP contribution in [-0.2, 0) is 6.42 Å². The molecule has 126 valence electrons. The predicted octanol–water partition coefficient (Wildman–Crippen LogP) is 3.23. The van der Waals surface area contributed by atoms with Crippen LogP contribution in [0, 0.1) is 0 Å². The zero-order valence-corrected chi connectivity index (χ0v) is 17.0. The molecule has 0 aliphatic carbocycles. The third kappa shape index (κ3) is 8.01. The molecule has 1 aliphatic rings. The van der Waals surface area contributed by atoms with Crippen molar-refractivity contribution >= 4 is 53.5 Å². The van der Waals surface area contributed by atoms with E-state index in [-0.39, 0.29) is 24.0 Å². The normalized spacial score (nSPS) is 18.6. The van der Waals surface area contributed by atoms with Crippen LogP contribution in [0.2, 0.25) is 0 Å². The van der Waals surface area contributed by atoms with Crippen LogP contribution in [0.25, 0.3) is 0 Å². The van der Waals surface area contributed by atoms with Gasteiger partial charge in [0.1, 0.15) is 5.76 Å². The number of rotatable bonds is 7. The SMILES string of the molecule is CSCCN=C(NCCc1ccco1)NC1CCCSC1.I. The third-order valence-electron chi connectivity index (χ3n) is 3.31. The fourth-order valence-electron chi connectivity index (χ4n) is 2.21. The van der Waals surface area contributed by atoms with E-state index in [1.165, 1.54) is 24.3 Å². The lowest BCUT2D eigenvalue weighted by Crippen LogP contribution is -2.46. The molecule has 0 aromatic carbocycles. The highest BCUT2D eigenvalue weighted by Gasteiger charge is 2.14. The quantitative estimate of drug-likeness (QED) is 0.286. The molecule has 0 spiro atoms. The van der Waals surface area contributed by atoms with Gasteiger partial charge in [-0.2, -0.15) is 23.5 Å². The molecule has 1 aliphatic heterocycles. The molecule has 2 heterocycles. The first-order valence-corrected chi connectivity index (χ1v) is 10.1. The van der Waals surface area contributed by atoms with Gasteiger partial charge in [-0.3, -0.25) is 4.99 Å². The fraction of sp³-hybridized carbons (Fsp3) is 0.667. The second-order valence-electron chi connectivity index (χ2n) is 5.04. The topological polar surface area (TPSA) is 49.6 Å². The number of hydrogen-bond acceptors (Lipinski definition) is 4. The van der Waals surface area contributed by atoms with Gasteiger partial charge in [-0.05, 0) is 37.0 Å². The molecule has 0 saturated carbocycles. The lowest BCUT2D eigenvalue weighted by Gasteiger charge is -2.24. The van der Waals surface area contributed by atoms with Gasteiger partial charge in [0, 0.05) is 30.5 Å². The first-order chi connectivity index (χ1) is 10.4. The number of hydrogen-bond donors (Lipinski definition) is 2. The van der Waals surface area contributed by atoms with E-state index >= 15 is 0 Å². The molecule has 22 heavy (non-hydrogen) atoms. The number of furan rings is 1. The minimum atomic E-state index is 0. The smallest absolute Gasteiger partial charge is 0.191 e. The summed E-state index contributed by atoms with van der Waals surface area (Å²) in [5.41, 5.74) is 0. The second-order valence-corrected chi connectivity index (χ2v) is 7.17. The molecular formula is C15H26IN3OS2. The van der Waals surface area contributed by atoms with Gasteiger partial charge in [0.2, 0.25) is 0 Å². The maximum atomic E-state index is 5.36. The van der Waals surface area contributed by atoms with Crippen molar-refractivity contribution in [1.82, 2.24) is 10.6 Å². The average Bonchev–Trinajstić information content (AvgIpc) is 3.02. The van der Waals surface area contributed by atoms with Gasteiger partial charge < -0.3 is 15.1 Å². The second kappa shape index (κ2) is 12.4. The van der Waals surface area contributed by atoms with E-state index in [0.29, 0.717) is 6.04 Å². The van der Waals surface area contributed by atoms with Gasteiger partial charge in [0.15, 0.2) is 5.96 Å². The van der Waals surface area contributed by atoms with E-state index in [1.807, 2.05) is 35.7 Å². The summed E-state index contributed by atoms with van der Waals surface area (Å²) in [6.07, 6.45) is 7.27. The zero-order valence-electron chi connectivity index (χ0n) is 13.0. The first-order valence-electron chi connectivity index (χ1n) is 7.52. The Morgan fingerprint density at radius 2 is 2.45 bits per heavy atom. The fourth-order valence-corrected chi connectivity index (χ4v) is 3.55. The van der Waals surface area contributed by atoms with Crippen LogP contribution in [0.15, 0.2) is 27.8 Å². The van der Waals surface area contributed by atoms with Crippen LogP contribution >= 0.6 is 47.5 Å². The summed E-state index contributed by atoms with van der Waals surface area (Å²) in [6, 6.07) is 4.49. The number of thioether (sulfide) groups is 2. The zero-order chi connectivity index (χ0) is 14.8. The Morgan fingerprint density at radius 1 is 1.55 bits per heavy atom. The molecule has 2 N–H and O–H groups in total. The Bertz CT molecular complexity index is 409.